The number of halogens is 2. The lowest BCUT2D eigenvalue weighted by Crippen LogP contribution is -2.05. The van der Waals surface area contributed by atoms with Crippen LogP contribution in [0.2, 0.25) is 0 Å². The Bertz CT molecular complexity index is 3480. The van der Waals surface area contributed by atoms with Gasteiger partial charge in [-0.2, -0.15) is 31.6 Å². The monoisotopic (exact) mass is 796 g/mol. The van der Waals surface area contributed by atoms with Gasteiger partial charge in [0.2, 0.25) is 11.4 Å². The molecule has 0 aromatic heterocycles. The molecule has 0 aliphatic heterocycles. The number of nitriles is 6. The maximum atomic E-state index is 13.8. The number of aryl methyl sites for hydroxylation is 1. The Kier molecular flexibility index (Phi) is 10.3. The molecule has 62 heavy (non-hydrogen) atoms. The topological polar surface area (TPSA) is 160 Å². The molecule has 0 unspecified atom stereocenters. The molecule has 5 aromatic rings. The standard InChI is InChI=1S/C50H18F2N10/c1-26-6-8-28(9-7-26)41-43(34(22-55)30-16-17-38(59-2)39(19-30)60-3)45-36(24-57)42-35(23-56)40(27-10-12-29(13-11-27)50(51)52)47(44(42)37(25-58)46(45)49(41)62-5)48(61-4)31-14-15-32(20-53)33(18-31)21-54/h6-19,50H,1H3/b43-34+,48-47-. The van der Waals surface area contributed by atoms with Gasteiger partial charge in [-0.15, -0.1) is 0 Å². The minimum Gasteiger partial charge on any atom is -0.250 e. The van der Waals surface area contributed by atoms with Gasteiger partial charge in [0.15, 0.2) is 11.4 Å². The van der Waals surface area contributed by atoms with Crippen molar-refractivity contribution in [3.63, 3.8) is 0 Å². The Morgan fingerprint density at radius 3 is 1.71 bits per heavy atom. The lowest BCUT2D eigenvalue weighted by molar-refractivity contribution is 0.151. The average Bonchev–Trinajstić information content (AvgIpc) is 3.82. The molecule has 0 spiro atoms. The van der Waals surface area contributed by atoms with Crippen LogP contribution in [-0.2, 0) is 0 Å². The normalized spacial score (nSPS) is 13.6. The van der Waals surface area contributed by atoms with Crippen molar-refractivity contribution in [1.29, 1.82) is 31.6 Å². The summed E-state index contributed by atoms with van der Waals surface area (Å²) in [4.78, 5) is 14.6. The van der Waals surface area contributed by atoms with Crippen LogP contribution in [0.3, 0.4) is 0 Å². The average molecular weight is 797 g/mol. The number of hydrogen-bond donors (Lipinski definition) is 0. The molecular weight excluding hydrogens is 779 g/mol. The molecule has 0 saturated carbocycles. The van der Waals surface area contributed by atoms with Gasteiger partial charge in [0.05, 0.1) is 65.8 Å². The second-order valence-electron chi connectivity index (χ2n) is 13.6. The Hall–Kier alpha value is -10.2. The van der Waals surface area contributed by atoms with Gasteiger partial charge in [-0.05, 0) is 74.7 Å². The largest absolute Gasteiger partial charge is 0.263 e. The highest BCUT2D eigenvalue weighted by molar-refractivity contribution is 6.35. The van der Waals surface area contributed by atoms with Crippen LogP contribution in [0.25, 0.3) is 64.2 Å². The van der Waals surface area contributed by atoms with E-state index in [1.807, 2.05) is 19.1 Å². The third-order valence-corrected chi connectivity index (χ3v) is 10.5. The molecule has 7 rings (SSSR count). The fourth-order valence-electron chi connectivity index (χ4n) is 7.77. The number of alkyl halides is 2. The predicted octanol–water partition coefficient (Wildman–Crippen LogP) is 12.0. The van der Waals surface area contributed by atoms with Crippen molar-refractivity contribution in [2.75, 3.05) is 0 Å². The molecule has 0 radical (unpaired) electrons. The molecule has 0 amide bonds. The van der Waals surface area contributed by atoms with Crippen molar-refractivity contribution in [1.82, 2.24) is 0 Å². The Labute approximate surface area is 353 Å². The van der Waals surface area contributed by atoms with Gasteiger partial charge in [0.1, 0.15) is 30.3 Å². The quantitative estimate of drug-likeness (QED) is 0.127. The Morgan fingerprint density at radius 2 is 1.16 bits per heavy atom. The molecule has 0 N–H and O–H groups in total. The van der Waals surface area contributed by atoms with Crippen LogP contribution >= 0.6 is 0 Å². The van der Waals surface area contributed by atoms with Crippen LogP contribution in [0.4, 0.5) is 20.2 Å². The van der Waals surface area contributed by atoms with Gasteiger partial charge < -0.3 is 0 Å². The third kappa shape index (κ3) is 6.07. The van der Waals surface area contributed by atoms with Gasteiger partial charge in [-0.1, -0.05) is 78.4 Å². The van der Waals surface area contributed by atoms with Crippen molar-refractivity contribution in [2.45, 2.75) is 13.3 Å². The smallest absolute Gasteiger partial charge is 0.250 e. The van der Waals surface area contributed by atoms with Crippen LogP contribution < -0.4 is 0 Å². The summed E-state index contributed by atoms with van der Waals surface area (Å²) >= 11 is 0. The van der Waals surface area contributed by atoms with Crippen molar-refractivity contribution in [2.24, 2.45) is 0 Å². The van der Waals surface area contributed by atoms with Crippen molar-refractivity contribution < 1.29 is 8.78 Å². The molecule has 0 fully saturated rings. The van der Waals surface area contributed by atoms with Crippen molar-refractivity contribution >= 4 is 56.2 Å². The van der Waals surface area contributed by atoms with Gasteiger partial charge in [-0.3, -0.25) is 9.69 Å². The first kappa shape index (κ1) is 40.0. The van der Waals surface area contributed by atoms with Crippen LogP contribution in [0, 0.1) is 101 Å². The lowest BCUT2D eigenvalue weighted by Gasteiger charge is -2.18. The summed E-state index contributed by atoms with van der Waals surface area (Å²) in [6, 6.07) is 32.6. The minimum absolute atomic E-state index is 0.00565. The summed E-state index contributed by atoms with van der Waals surface area (Å²) in [5.74, 6) is 0. The van der Waals surface area contributed by atoms with Crippen LogP contribution in [0.15, 0.2) is 84.9 Å². The molecule has 0 bridgehead atoms. The van der Waals surface area contributed by atoms with E-state index in [0.29, 0.717) is 5.56 Å². The first-order chi connectivity index (χ1) is 30.1. The van der Waals surface area contributed by atoms with E-state index in [9.17, 15) is 40.4 Å². The molecule has 12 heteroatoms. The maximum Gasteiger partial charge on any atom is 0.263 e. The zero-order chi connectivity index (χ0) is 44.4. The molecular formula is C50H18F2N10. The Balaban J connectivity index is 1.76. The zero-order valence-corrected chi connectivity index (χ0v) is 31.9. The summed E-state index contributed by atoms with van der Waals surface area (Å²) < 4.78 is 27.7. The molecule has 2 aliphatic carbocycles. The third-order valence-electron chi connectivity index (χ3n) is 10.5. The van der Waals surface area contributed by atoms with E-state index in [0.717, 1.165) is 17.7 Å². The van der Waals surface area contributed by atoms with Gasteiger partial charge in [0, 0.05) is 16.7 Å². The fraction of sp³-hybridized carbons (Fsp3) is 0.0400. The van der Waals surface area contributed by atoms with Crippen LogP contribution in [0.1, 0.15) is 84.3 Å². The van der Waals surface area contributed by atoms with Crippen LogP contribution in [0.5, 0.6) is 0 Å². The van der Waals surface area contributed by atoms with E-state index in [2.05, 4.69) is 43.7 Å². The molecule has 0 saturated heterocycles. The van der Waals surface area contributed by atoms with E-state index < -0.39 is 6.43 Å². The highest BCUT2D eigenvalue weighted by Gasteiger charge is 2.43. The first-order valence-electron chi connectivity index (χ1n) is 18.0. The first-order valence-corrected chi connectivity index (χ1v) is 18.0. The van der Waals surface area contributed by atoms with E-state index in [1.165, 1.54) is 48.5 Å². The van der Waals surface area contributed by atoms with E-state index in [-0.39, 0.29) is 123 Å². The highest BCUT2D eigenvalue weighted by Crippen LogP contribution is 2.60. The second-order valence-corrected chi connectivity index (χ2v) is 13.6. The zero-order valence-electron chi connectivity index (χ0n) is 31.9. The summed E-state index contributed by atoms with van der Waals surface area (Å²) in [6.07, 6.45) is -2.85. The van der Waals surface area contributed by atoms with E-state index in [4.69, 9.17) is 26.3 Å². The summed E-state index contributed by atoms with van der Waals surface area (Å²) in [6.45, 7) is 34.2. The number of fused-ring (bicyclic) bond motifs is 2. The lowest BCUT2D eigenvalue weighted by atomic mass is 9.82. The summed E-state index contributed by atoms with van der Waals surface area (Å²) in [5.41, 5.74) is -0.250. The summed E-state index contributed by atoms with van der Waals surface area (Å²) in [5, 5.41) is 64.3. The highest BCUT2D eigenvalue weighted by atomic mass is 19.3. The molecule has 2 aliphatic rings. The molecule has 10 nitrogen and oxygen atoms in total. The number of rotatable bonds is 5. The predicted molar refractivity (Wildman–Crippen MR) is 225 cm³/mol. The SMILES string of the molecule is [C-]#[N+]C1=C(c2ccc(C)cc2)/C(=C(/C#N)c2ccc([N+]#[C-])c([N+]#[C-])c2)c2c(C#N)c3c(c(C#N)c21)/C(=C(\[N+]#[C-])c1ccc(C#N)c(C#N)c1)C(c1ccc(C(F)F)cc1)=C3C#N. The van der Waals surface area contributed by atoms with Gasteiger partial charge in [0.25, 0.3) is 6.43 Å². The van der Waals surface area contributed by atoms with Crippen molar-refractivity contribution in [3.05, 3.63) is 208 Å². The van der Waals surface area contributed by atoms with E-state index >= 15 is 0 Å². The van der Waals surface area contributed by atoms with Crippen LogP contribution in [-0.4, -0.2) is 0 Å². The van der Waals surface area contributed by atoms with Gasteiger partial charge in [-0.25, -0.2) is 18.5 Å². The second kappa shape index (κ2) is 16.0. The summed E-state index contributed by atoms with van der Waals surface area (Å²) in [7, 11) is 0. The molecule has 0 atom stereocenters. The van der Waals surface area contributed by atoms with E-state index in [1.54, 1.807) is 24.3 Å². The number of allylic oxidation sites excluding steroid dienone is 6. The number of benzene rings is 5. The number of nitrogens with zero attached hydrogens (tertiary/aromatic N) is 10. The molecule has 5 aromatic carbocycles. The van der Waals surface area contributed by atoms with Crippen molar-refractivity contribution in [3.8, 4) is 36.4 Å². The maximum absolute atomic E-state index is 13.8. The molecule has 0 heterocycles. The Morgan fingerprint density at radius 1 is 0.565 bits per heavy atom. The minimum atomic E-state index is -2.85. The number of hydrogen-bond acceptors (Lipinski definition) is 6. The van der Waals surface area contributed by atoms with Gasteiger partial charge >= 0.3 is 0 Å². The fourth-order valence-corrected chi connectivity index (χ4v) is 7.77. The molecule has 282 valence electrons.